The van der Waals surface area contributed by atoms with Gasteiger partial charge in [0.2, 0.25) is 0 Å². The Morgan fingerprint density at radius 1 is 1.07 bits per heavy atom. The number of carbonyl (C=O) groups is 1. The van der Waals surface area contributed by atoms with Gasteiger partial charge in [-0.05, 0) is 37.4 Å². The molecule has 0 radical (unpaired) electrons. The number of esters is 1. The molecule has 0 aliphatic carbocycles. The van der Waals surface area contributed by atoms with Crippen molar-refractivity contribution in [1.82, 2.24) is 4.90 Å². The fraction of sp³-hybridized carbons (Fsp3) is 0.211. The molecule has 0 fully saturated rings. The van der Waals surface area contributed by atoms with Crippen LogP contribution in [-0.4, -0.2) is 41.4 Å². The zero-order valence-corrected chi connectivity index (χ0v) is 15.8. The van der Waals surface area contributed by atoms with Gasteiger partial charge in [-0.2, -0.15) is 0 Å². The van der Waals surface area contributed by atoms with Crippen molar-refractivity contribution < 1.29 is 19.4 Å². The molecule has 2 aromatic carbocycles. The Labute approximate surface area is 162 Å². The Hall–Kier alpha value is -3.75. The molecule has 0 heterocycles. The van der Waals surface area contributed by atoms with E-state index in [4.69, 9.17) is 4.74 Å². The highest BCUT2D eigenvalue weighted by Gasteiger charge is 2.17. The molecule has 0 saturated heterocycles. The number of benzene rings is 2. The van der Waals surface area contributed by atoms with E-state index in [0.29, 0.717) is 17.7 Å². The van der Waals surface area contributed by atoms with Gasteiger partial charge in [0.05, 0.1) is 33.6 Å². The smallest absolute Gasteiger partial charge is 0.338 e. The minimum absolute atomic E-state index is 0.256. The number of nitrogens with zero attached hydrogens (tertiary/aromatic N) is 3. The minimum Gasteiger partial charge on any atom is -0.462 e. The monoisotopic (exact) mass is 387 g/mol. The molecule has 0 aliphatic heterocycles. The molecule has 2 aromatic rings. The lowest BCUT2D eigenvalue weighted by atomic mass is 10.1. The van der Waals surface area contributed by atoms with Gasteiger partial charge < -0.3 is 9.64 Å². The molecule has 0 aliphatic rings. The van der Waals surface area contributed by atoms with E-state index < -0.39 is 9.85 Å². The normalized spacial score (nSPS) is 9.96. The zero-order chi connectivity index (χ0) is 21.1. The van der Waals surface area contributed by atoms with Crippen LogP contribution in [0, 0.1) is 20.2 Å². The number of nitro benzene ring substituents is 2. The van der Waals surface area contributed by atoms with Gasteiger partial charge in [-0.1, -0.05) is 18.2 Å². The molecule has 9 heteroatoms. The van der Waals surface area contributed by atoms with Gasteiger partial charge in [0.1, 0.15) is 0 Å². The van der Waals surface area contributed by atoms with Gasteiger partial charge in [-0.3, -0.25) is 20.2 Å². The maximum atomic E-state index is 11.0. The number of nitro groups is 2. The van der Waals surface area contributed by atoms with E-state index in [1.165, 1.54) is 18.2 Å². The lowest BCUT2D eigenvalue weighted by Gasteiger charge is -2.03. The van der Waals surface area contributed by atoms with Crippen molar-refractivity contribution in [3.05, 3.63) is 86.1 Å². The zero-order valence-electron chi connectivity index (χ0n) is 15.8. The topological polar surface area (TPSA) is 116 Å². The van der Waals surface area contributed by atoms with Crippen molar-refractivity contribution in [1.29, 1.82) is 0 Å². The fourth-order valence-electron chi connectivity index (χ4n) is 1.96. The Balaban J connectivity index is 0.000000307. The minimum atomic E-state index is -0.660. The summed E-state index contributed by atoms with van der Waals surface area (Å²) in [5.41, 5.74) is 0.361. The van der Waals surface area contributed by atoms with Crippen molar-refractivity contribution in [2.24, 2.45) is 0 Å². The summed E-state index contributed by atoms with van der Waals surface area (Å²) in [5, 5.41) is 21.3. The van der Waals surface area contributed by atoms with E-state index in [1.54, 1.807) is 44.3 Å². The van der Waals surface area contributed by atoms with Gasteiger partial charge >= 0.3 is 5.97 Å². The first kappa shape index (κ1) is 22.3. The summed E-state index contributed by atoms with van der Waals surface area (Å²) in [6.07, 6.45) is 3.16. The molecule has 148 valence electrons. The summed E-state index contributed by atoms with van der Waals surface area (Å²) in [4.78, 5) is 32.7. The first-order valence-electron chi connectivity index (χ1n) is 8.25. The molecule has 0 N–H and O–H groups in total. The van der Waals surface area contributed by atoms with Gasteiger partial charge in [-0.15, -0.1) is 0 Å². The summed E-state index contributed by atoms with van der Waals surface area (Å²) in [5.74, 6) is -0.256. The van der Waals surface area contributed by atoms with Crippen molar-refractivity contribution in [2.45, 2.75) is 6.92 Å². The molecule has 2 rings (SSSR count). The van der Waals surface area contributed by atoms with Crippen LogP contribution in [0.4, 0.5) is 11.4 Å². The average Bonchev–Trinajstić information content (AvgIpc) is 2.67. The largest absolute Gasteiger partial charge is 0.462 e. The Bertz CT molecular complexity index is 850. The molecule has 28 heavy (non-hydrogen) atoms. The van der Waals surface area contributed by atoms with Crippen LogP contribution < -0.4 is 0 Å². The summed E-state index contributed by atoms with van der Waals surface area (Å²) >= 11 is 0. The first-order chi connectivity index (χ1) is 13.3. The molecule has 0 aromatic heterocycles. The average molecular weight is 387 g/mol. The fourth-order valence-corrected chi connectivity index (χ4v) is 1.96. The van der Waals surface area contributed by atoms with Crippen LogP contribution in [-0.2, 0) is 4.74 Å². The Kier molecular flexibility index (Phi) is 8.81. The molecule has 9 nitrogen and oxygen atoms in total. The van der Waals surface area contributed by atoms with Gasteiger partial charge in [-0.25, -0.2) is 4.79 Å². The van der Waals surface area contributed by atoms with Crippen molar-refractivity contribution in [2.75, 3.05) is 20.7 Å². The number of non-ortho nitro benzene ring substituents is 1. The number of hydrogen-bond acceptors (Lipinski definition) is 7. The predicted molar refractivity (Wildman–Crippen MR) is 105 cm³/mol. The Morgan fingerprint density at radius 2 is 1.71 bits per heavy atom. The molecule has 0 atom stereocenters. The lowest BCUT2D eigenvalue weighted by molar-refractivity contribution is -0.394. The van der Waals surface area contributed by atoms with E-state index in [1.807, 2.05) is 18.2 Å². The van der Waals surface area contributed by atoms with Crippen LogP contribution in [0.1, 0.15) is 22.8 Å². The van der Waals surface area contributed by atoms with Gasteiger partial charge in [0, 0.05) is 20.2 Å². The second kappa shape index (κ2) is 11.1. The molecule has 0 unspecified atom stereocenters. The molecular formula is C19H21N3O6. The van der Waals surface area contributed by atoms with Crippen LogP contribution >= 0.6 is 0 Å². The third kappa shape index (κ3) is 7.24. The second-order valence-electron chi connectivity index (χ2n) is 5.62. The molecule has 0 saturated carbocycles. The molecule has 0 bridgehead atoms. The third-order valence-corrected chi connectivity index (χ3v) is 3.26. The summed E-state index contributed by atoms with van der Waals surface area (Å²) in [6, 6.07) is 12.5. The van der Waals surface area contributed by atoms with Crippen molar-refractivity contribution in [3.8, 4) is 0 Å². The highest BCUT2D eigenvalue weighted by molar-refractivity contribution is 5.89. The van der Waals surface area contributed by atoms with Gasteiger partial charge in [0.15, 0.2) is 0 Å². The first-order valence-corrected chi connectivity index (χ1v) is 8.25. The second-order valence-corrected chi connectivity index (χ2v) is 5.62. The van der Waals surface area contributed by atoms with Crippen LogP contribution in [0.2, 0.25) is 0 Å². The standard InChI is InChI=1S/C10H11N3O4.C9H10O2/c1-11(2)6-5-8-3-4-9(12(14)15)7-10(8)13(16)17;1-2-11-9(10)8-6-4-3-5-7-8/h3-7H,1-2H3;3-7H,2H2,1H3. The quantitative estimate of drug-likeness (QED) is 0.419. The predicted octanol–water partition coefficient (Wildman–Crippen LogP) is 3.90. The highest BCUT2D eigenvalue weighted by Crippen LogP contribution is 2.25. The number of ether oxygens (including phenoxy) is 1. The highest BCUT2D eigenvalue weighted by atomic mass is 16.6. The maximum Gasteiger partial charge on any atom is 0.338 e. The van der Waals surface area contributed by atoms with Crippen LogP contribution in [0.5, 0.6) is 0 Å². The van der Waals surface area contributed by atoms with E-state index in [2.05, 4.69) is 0 Å². The van der Waals surface area contributed by atoms with Crippen molar-refractivity contribution in [3.63, 3.8) is 0 Å². The number of rotatable bonds is 6. The SMILES string of the molecule is CCOC(=O)c1ccccc1.CN(C)C=Cc1ccc([N+](=O)[O-])cc1[N+](=O)[O-]. The maximum absolute atomic E-state index is 11.0. The van der Waals surface area contributed by atoms with Gasteiger partial charge in [0.25, 0.3) is 11.4 Å². The van der Waals surface area contributed by atoms with E-state index in [0.717, 1.165) is 6.07 Å². The summed E-state index contributed by atoms with van der Waals surface area (Å²) in [7, 11) is 3.54. The van der Waals surface area contributed by atoms with Crippen LogP contribution in [0.3, 0.4) is 0 Å². The van der Waals surface area contributed by atoms with E-state index >= 15 is 0 Å². The molecule has 0 amide bonds. The number of hydrogen-bond donors (Lipinski definition) is 0. The molecule has 0 spiro atoms. The van der Waals surface area contributed by atoms with E-state index in [-0.39, 0.29) is 17.3 Å². The third-order valence-electron chi connectivity index (χ3n) is 3.26. The van der Waals surface area contributed by atoms with E-state index in [9.17, 15) is 25.0 Å². The van der Waals surface area contributed by atoms with Crippen molar-refractivity contribution >= 4 is 23.4 Å². The Morgan fingerprint density at radius 3 is 2.21 bits per heavy atom. The molecular weight excluding hydrogens is 366 g/mol. The summed E-state index contributed by atoms with van der Waals surface area (Å²) < 4.78 is 4.79. The van der Waals surface area contributed by atoms with Crippen LogP contribution in [0.25, 0.3) is 6.08 Å². The summed E-state index contributed by atoms with van der Waals surface area (Å²) in [6.45, 7) is 2.22. The number of carbonyl (C=O) groups excluding carboxylic acids is 1. The lowest BCUT2D eigenvalue weighted by Crippen LogP contribution is -2.03. The van der Waals surface area contributed by atoms with Crippen LogP contribution in [0.15, 0.2) is 54.7 Å².